The van der Waals surface area contributed by atoms with Gasteiger partial charge in [0.1, 0.15) is 5.82 Å². The van der Waals surface area contributed by atoms with Crippen molar-refractivity contribution in [2.24, 2.45) is 0 Å². The molecule has 6 heteroatoms. The first-order chi connectivity index (χ1) is 8.61. The van der Waals surface area contributed by atoms with Crippen molar-refractivity contribution in [3.05, 3.63) is 38.0 Å². The molecule has 4 nitrogen and oxygen atoms in total. The number of benzene rings is 1. The minimum absolute atomic E-state index is 0.425. The lowest BCUT2D eigenvalue weighted by Gasteiger charge is -2.08. The standard InChI is InChI=1S/C12H11BrIN3O/c1-18-6-9-10(14)11(15)17-12(16-9)7-2-4-8(13)5-3-7/h2-5H,6H2,1H3,(H2,15,16,17). The molecule has 18 heavy (non-hydrogen) atoms. The van der Waals surface area contributed by atoms with Crippen LogP contribution in [0.1, 0.15) is 5.69 Å². The van der Waals surface area contributed by atoms with E-state index >= 15 is 0 Å². The lowest BCUT2D eigenvalue weighted by molar-refractivity contribution is 0.181. The van der Waals surface area contributed by atoms with Gasteiger partial charge in [-0.05, 0) is 34.7 Å². The first-order valence-corrected chi connectivity index (χ1v) is 7.05. The van der Waals surface area contributed by atoms with Crippen LogP contribution in [0.25, 0.3) is 11.4 Å². The van der Waals surface area contributed by atoms with Crippen LogP contribution in [0.15, 0.2) is 28.7 Å². The van der Waals surface area contributed by atoms with Crippen molar-refractivity contribution in [1.29, 1.82) is 0 Å². The van der Waals surface area contributed by atoms with Crippen LogP contribution >= 0.6 is 38.5 Å². The van der Waals surface area contributed by atoms with Gasteiger partial charge < -0.3 is 10.5 Å². The number of hydrogen-bond acceptors (Lipinski definition) is 4. The lowest BCUT2D eigenvalue weighted by Crippen LogP contribution is -2.05. The Morgan fingerprint density at radius 1 is 1.28 bits per heavy atom. The summed E-state index contributed by atoms with van der Waals surface area (Å²) in [6, 6.07) is 7.79. The van der Waals surface area contributed by atoms with Crippen molar-refractivity contribution in [2.45, 2.75) is 6.61 Å². The molecule has 0 fully saturated rings. The second-order valence-electron chi connectivity index (χ2n) is 3.63. The van der Waals surface area contributed by atoms with Gasteiger partial charge in [0.25, 0.3) is 0 Å². The van der Waals surface area contributed by atoms with Crippen molar-refractivity contribution in [2.75, 3.05) is 12.8 Å². The number of aromatic nitrogens is 2. The topological polar surface area (TPSA) is 61.0 Å². The Kier molecular flexibility index (Phi) is 4.52. The zero-order valence-corrected chi connectivity index (χ0v) is 13.4. The third-order valence-electron chi connectivity index (χ3n) is 2.33. The third kappa shape index (κ3) is 2.99. The number of rotatable bonds is 3. The molecule has 2 aromatic rings. The summed E-state index contributed by atoms with van der Waals surface area (Å²) in [5, 5.41) is 0. The predicted molar refractivity (Wildman–Crippen MR) is 83.0 cm³/mol. The highest BCUT2D eigenvalue weighted by Crippen LogP contribution is 2.23. The molecular weight excluding hydrogens is 409 g/mol. The van der Waals surface area contributed by atoms with Gasteiger partial charge in [-0.3, -0.25) is 0 Å². The molecule has 0 aliphatic heterocycles. The lowest BCUT2D eigenvalue weighted by atomic mass is 10.2. The summed E-state index contributed by atoms with van der Waals surface area (Å²) in [5.41, 5.74) is 7.63. The van der Waals surface area contributed by atoms with E-state index in [2.05, 4.69) is 48.5 Å². The third-order valence-corrected chi connectivity index (χ3v) is 4.03. The normalized spacial score (nSPS) is 10.6. The first-order valence-electron chi connectivity index (χ1n) is 5.18. The van der Waals surface area contributed by atoms with Gasteiger partial charge in [-0.1, -0.05) is 28.1 Å². The molecular formula is C12H11BrIN3O. The molecule has 0 radical (unpaired) electrons. The molecule has 0 spiro atoms. The second-order valence-corrected chi connectivity index (χ2v) is 5.63. The van der Waals surface area contributed by atoms with Crippen molar-refractivity contribution in [1.82, 2.24) is 9.97 Å². The molecule has 0 amide bonds. The van der Waals surface area contributed by atoms with E-state index < -0.39 is 0 Å². The number of hydrogen-bond donors (Lipinski definition) is 1. The molecule has 0 aliphatic carbocycles. The predicted octanol–water partition coefficient (Wildman–Crippen LogP) is 3.24. The summed E-state index contributed by atoms with van der Waals surface area (Å²) in [6.07, 6.45) is 0. The van der Waals surface area contributed by atoms with Crippen LogP contribution in [0.4, 0.5) is 5.82 Å². The highest BCUT2D eigenvalue weighted by atomic mass is 127. The zero-order valence-electron chi connectivity index (χ0n) is 9.65. The van der Waals surface area contributed by atoms with Crippen LogP contribution < -0.4 is 5.73 Å². The summed E-state index contributed by atoms with van der Waals surface area (Å²) < 4.78 is 6.97. The van der Waals surface area contributed by atoms with Gasteiger partial charge in [0.2, 0.25) is 0 Å². The molecule has 0 bridgehead atoms. The number of anilines is 1. The summed E-state index contributed by atoms with van der Waals surface area (Å²) in [7, 11) is 1.63. The summed E-state index contributed by atoms with van der Waals surface area (Å²) in [5.74, 6) is 1.10. The van der Waals surface area contributed by atoms with Gasteiger partial charge >= 0.3 is 0 Å². The SMILES string of the molecule is COCc1nc(-c2ccc(Br)cc2)nc(N)c1I. The molecule has 0 aliphatic rings. The average Bonchev–Trinajstić information content (AvgIpc) is 2.36. The fourth-order valence-electron chi connectivity index (χ4n) is 1.47. The van der Waals surface area contributed by atoms with E-state index in [4.69, 9.17) is 10.5 Å². The Labute approximate surface area is 127 Å². The second kappa shape index (κ2) is 5.94. The number of nitrogens with zero attached hydrogens (tertiary/aromatic N) is 2. The molecule has 2 N–H and O–H groups in total. The average molecular weight is 420 g/mol. The number of nitrogens with two attached hydrogens (primary N) is 1. The van der Waals surface area contributed by atoms with Crippen LogP contribution in [0.5, 0.6) is 0 Å². The van der Waals surface area contributed by atoms with Crippen molar-refractivity contribution < 1.29 is 4.74 Å². The van der Waals surface area contributed by atoms with E-state index in [-0.39, 0.29) is 0 Å². The highest BCUT2D eigenvalue weighted by molar-refractivity contribution is 14.1. The quantitative estimate of drug-likeness (QED) is 0.776. The molecule has 1 aromatic heterocycles. The van der Waals surface area contributed by atoms with Crippen molar-refractivity contribution >= 4 is 44.3 Å². The smallest absolute Gasteiger partial charge is 0.161 e. The molecule has 1 aromatic carbocycles. The Morgan fingerprint density at radius 3 is 2.56 bits per heavy atom. The largest absolute Gasteiger partial charge is 0.383 e. The van der Waals surface area contributed by atoms with Crippen LogP contribution in [-0.4, -0.2) is 17.1 Å². The number of nitrogen functional groups attached to an aromatic ring is 1. The van der Waals surface area contributed by atoms with E-state index in [0.717, 1.165) is 19.3 Å². The molecule has 94 valence electrons. The van der Waals surface area contributed by atoms with E-state index in [1.165, 1.54) is 0 Å². The maximum atomic E-state index is 5.90. The van der Waals surface area contributed by atoms with Gasteiger partial charge in [0.15, 0.2) is 5.82 Å². The van der Waals surface area contributed by atoms with Gasteiger partial charge in [0, 0.05) is 17.1 Å². The minimum Gasteiger partial charge on any atom is -0.383 e. The summed E-state index contributed by atoms with van der Waals surface area (Å²) in [4.78, 5) is 8.79. The van der Waals surface area contributed by atoms with Crippen LogP contribution in [-0.2, 0) is 11.3 Å². The number of halogens is 2. The van der Waals surface area contributed by atoms with E-state index in [0.29, 0.717) is 18.2 Å². The number of ether oxygens (including phenoxy) is 1. The van der Waals surface area contributed by atoms with Crippen molar-refractivity contribution in [3.63, 3.8) is 0 Å². The van der Waals surface area contributed by atoms with Gasteiger partial charge in [-0.25, -0.2) is 9.97 Å². The summed E-state index contributed by atoms with van der Waals surface area (Å²) in [6.45, 7) is 0.425. The van der Waals surface area contributed by atoms with Crippen LogP contribution in [0.2, 0.25) is 0 Å². The molecule has 0 unspecified atom stereocenters. The zero-order chi connectivity index (χ0) is 13.1. The molecule has 2 rings (SSSR count). The van der Waals surface area contributed by atoms with Crippen LogP contribution in [0, 0.1) is 3.57 Å². The first kappa shape index (κ1) is 13.7. The van der Waals surface area contributed by atoms with Gasteiger partial charge in [0.05, 0.1) is 15.9 Å². The van der Waals surface area contributed by atoms with E-state index in [9.17, 15) is 0 Å². The molecule has 1 heterocycles. The van der Waals surface area contributed by atoms with Crippen LogP contribution in [0.3, 0.4) is 0 Å². The van der Waals surface area contributed by atoms with E-state index in [1.807, 2.05) is 24.3 Å². The maximum absolute atomic E-state index is 5.90. The number of methoxy groups -OCH3 is 1. The van der Waals surface area contributed by atoms with E-state index in [1.54, 1.807) is 7.11 Å². The molecule has 0 saturated carbocycles. The van der Waals surface area contributed by atoms with Crippen molar-refractivity contribution in [3.8, 4) is 11.4 Å². The fourth-order valence-corrected chi connectivity index (χ4v) is 2.13. The Morgan fingerprint density at radius 2 is 1.94 bits per heavy atom. The van der Waals surface area contributed by atoms with Gasteiger partial charge in [-0.15, -0.1) is 0 Å². The monoisotopic (exact) mass is 419 g/mol. The molecule has 0 atom stereocenters. The minimum atomic E-state index is 0.425. The Bertz CT molecular complexity index is 560. The fraction of sp³-hybridized carbons (Fsp3) is 0.167. The van der Waals surface area contributed by atoms with Gasteiger partial charge in [-0.2, -0.15) is 0 Å². The molecule has 0 saturated heterocycles. The Balaban J connectivity index is 2.48. The summed E-state index contributed by atoms with van der Waals surface area (Å²) >= 11 is 5.53. The Hall–Kier alpha value is -0.730. The highest BCUT2D eigenvalue weighted by Gasteiger charge is 2.11. The maximum Gasteiger partial charge on any atom is 0.161 e.